The summed E-state index contributed by atoms with van der Waals surface area (Å²) in [5, 5.41) is 0. The summed E-state index contributed by atoms with van der Waals surface area (Å²) in [5.74, 6) is 1.86. The average molecular weight is 376 g/mol. The van der Waals surface area contributed by atoms with E-state index in [1.807, 2.05) is 62.3 Å². The van der Waals surface area contributed by atoms with Gasteiger partial charge in [0.1, 0.15) is 18.2 Å². The van der Waals surface area contributed by atoms with Crippen LogP contribution in [0.2, 0.25) is 0 Å². The summed E-state index contributed by atoms with van der Waals surface area (Å²) in [5.41, 5.74) is 4.65. The molecule has 0 spiro atoms. The number of carbonyl (C=O) groups is 1. The van der Waals surface area contributed by atoms with Crippen molar-refractivity contribution in [3.8, 4) is 11.5 Å². The number of carbonyl (C=O) groups excluding carboxylic acids is 1. The fourth-order valence-corrected chi connectivity index (χ4v) is 3.94. The maximum Gasteiger partial charge on any atom is 0.232 e. The fraction of sp³-hybridized carbons (Fsp3) is 0.348. The highest BCUT2D eigenvalue weighted by molar-refractivity contribution is 6.15. The summed E-state index contributed by atoms with van der Waals surface area (Å²) < 4.78 is 12.1. The first-order valence-corrected chi connectivity index (χ1v) is 9.76. The Morgan fingerprint density at radius 1 is 1.18 bits per heavy atom. The lowest BCUT2D eigenvalue weighted by Gasteiger charge is -2.30. The Morgan fingerprint density at radius 2 is 1.93 bits per heavy atom. The van der Waals surface area contributed by atoms with Crippen LogP contribution in [-0.4, -0.2) is 37.6 Å². The number of aryl methyl sites for hydroxylation is 1. The van der Waals surface area contributed by atoms with E-state index >= 15 is 0 Å². The SMILES string of the molecule is Cc1cc2c(c3c1C(=O)/C(=C/c1ccc(N(C)C)cc1)O3)CN(C1CC1)CO2. The Morgan fingerprint density at radius 3 is 2.61 bits per heavy atom. The van der Waals surface area contributed by atoms with Gasteiger partial charge in [-0.1, -0.05) is 12.1 Å². The average Bonchev–Trinajstić information content (AvgIpc) is 3.47. The van der Waals surface area contributed by atoms with E-state index in [-0.39, 0.29) is 5.78 Å². The molecule has 0 N–H and O–H groups in total. The molecule has 3 aliphatic rings. The van der Waals surface area contributed by atoms with Gasteiger partial charge in [-0.3, -0.25) is 9.69 Å². The van der Waals surface area contributed by atoms with Crippen molar-refractivity contribution >= 4 is 17.5 Å². The van der Waals surface area contributed by atoms with Crippen LogP contribution in [0.25, 0.3) is 6.08 Å². The number of ketones is 1. The van der Waals surface area contributed by atoms with Gasteiger partial charge in [-0.2, -0.15) is 0 Å². The second-order valence-electron chi connectivity index (χ2n) is 8.05. The highest BCUT2D eigenvalue weighted by atomic mass is 16.5. The van der Waals surface area contributed by atoms with Gasteiger partial charge in [0.25, 0.3) is 0 Å². The van der Waals surface area contributed by atoms with Gasteiger partial charge in [0.2, 0.25) is 5.78 Å². The number of benzene rings is 2. The van der Waals surface area contributed by atoms with Crippen molar-refractivity contribution in [1.82, 2.24) is 4.90 Å². The third-order valence-corrected chi connectivity index (χ3v) is 5.72. The number of anilines is 1. The van der Waals surface area contributed by atoms with Crippen LogP contribution in [0.1, 0.15) is 39.9 Å². The van der Waals surface area contributed by atoms with Crippen molar-refractivity contribution in [2.45, 2.75) is 32.4 Å². The fourth-order valence-electron chi connectivity index (χ4n) is 3.94. The van der Waals surface area contributed by atoms with Crippen LogP contribution >= 0.6 is 0 Å². The van der Waals surface area contributed by atoms with E-state index in [4.69, 9.17) is 9.47 Å². The van der Waals surface area contributed by atoms with Crippen molar-refractivity contribution in [2.24, 2.45) is 0 Å². The van der Waals surface area contributed by atoms with Crippen LogP contribution in [0.5, 0.6) is 11.5 Å². The molecule has 0 aromatic heterocycles. The molecule has 0 saturated heterocycles. The van der Waals surface area contributed by atoms with Gasteiger partial charge in [0.15, 0.2) is 5.76 Å². The minimum absolute atomic E-state index is 0.0458. The lowest BCUT2D eigenvalue weighted by Crippen LogP contribution is -2.34. The molecule has 0 atom stereocenters. The summed E-state index contributed by atoms with van der Waals surface area (Å²) >= 11 is 0. The van der Waals surface area contributed by atoms with Crippen LogP contribution in [-0.2, 0) is 6.54 Å². The molecular weight excluding hydrogens is 352 g/mol. The second-order valence-corrected chi connectivity index (χ2v) is 8.05. The minimum atomic E-state index is -0.0458. The zero-order valence-electron chi connectivity index (χ0n) is 16.5. The largest absolute Gasteiger partial charge is 0.478 e. The molecule has 5 nitrogen and oxygen atoms in total. The van der Waals surface area contributed by atoms with Crippen LogP contribution < -0.4 is 14.4 Å². The summed E-state index contributed by atoms with van der Waals surface area (Å²) in [7, 11) is 4.01. The summed E-state index contributed by atoms with van der Waals surface area (Å²) in [4.78, 5) is 17.4. The molecule has 1 aliphatic carbocycles. The second kappa shape index (κ2) is 6.38. The summed E-state index contributed by atoms with van der Waals surface area (Å²) in [6.45, 7) is 3.34. The maximum atomic E-state index is 13.1. The number of nitrogens with zero attached hydrogens (tertiary/aromatic N) is 2. The lowest BCUT2D eigenvalue weighted by atomic mass is 9.98. The van der Waals surface area contributed by atoms with E-state index in [9.17, 15) is 4.79 Å². The van der Waals surface area contributed by atoms with Gasteiger partial charge < -0.3 is 14.4 Å². The molecule has 2 heterocycles. The Kier molecular flexibility index (Phi) is 3.95. The van der Waals surface area contributed by atoms with Gasteiger partial charge in [0, 0.05) is 32.4 Å². The van der Waals surface area contributed by atoms with E-state index in [0.29, 0.717) is 29.8 Å². The highest BCUT2D eigenvalue weighted by Gasteiger charge is 2.38. The molecule has 2 aliphatic heterocycles. The van der Waals surface area contributed by atoms with Gasteiger partial charge in [-0.05, 0) is 55.2 Å². The first kappa shape index (κ1) is 17.3. The Bertz CT molecular complexity index is 988. The molecular formula is C23H24N2O3. The van der Waals surface area contributed by atoms with E-state index in [1.54, 1.807) is 0 Å². The smallest absolute Gasteiger partial charge is 0.232 e. The molecule has 0 radical (unpaired) electrons. The van der Waals surface area contributed by atoms with Crippen molar-refractivity contribution in [1.29, 1.82) is 0 Å². The van der Waals surface area contributed by atoms with Crippen molar-refractivity contribution < 1.29 is 14.3 Å². The summed E-state index contributed by atoms with van der Waals surface area (Å²) in [6, 6.07) is 10.7. The molecule has 2 aromatic rings. The Labute approximate surface area is 165 Å². The molecule has 1 saturated carbocycles. The standard InChI is InChI=1S/C23H24N2O3/c1-14-10-19-18(12-25(13-27-19)17-8-9-17)23-21(14)22(26)20(28-23)11-15-4-6-16(7-5-15)24(2)3/h4-7,10-11,17H,8-9,12-13H2,1-3H3/b20-11-. The molecule has 0 bridgehead atoms. The zero-order valence-corrected chi connectivity index (χ0v) is 16.5. The maximum absolute atomic E-state index is 13.1. The normalized spacial score (nSPS) is 19.8. The van der Waals surface area contributed by atoms with Gasteiger partial charge in [-0.25, -0.2) is 0 Å². The Hall–Kier alpha value is -2.79. The van der Waals surface area contributed by atoms with Crippen LogP contribution in [0.3, 0.4) is 0 Å². The molecule has 0 amide bonds. The molecule has 5 heteroatoms. The number of ether oxygens (including phenoxy) is 2. The van der Waals surface area contributed by atoms with Crippen molar-refractivity contribution in [2.75, 3.05) is 25.7 Å². The van der Waals surface area contributed by atoms with Crippen LogP contribution in [0, 0.1) is 6.92 Å². The number of hydrogen-bond acceptors (Lipinski definition) is 5. The quantitative estimate of drug-likeness (QED) is 0.758. The molecule has 1 fully saturated rings. The van der Waals surface area contributed by atoms with Crippen molar-refractivity contribution in [3.63, 3.8) is 0 Å². The van der Waals surface area contributed by atoms with E-state index in [2.05, 4.69) is 4.90 Å². The lowest BCUT2D eigenvalue weighted by molar-refractivity contribution is 0.0867. The number of Topliss-reactive ketones (excluding diaryl/α,β-unsaturated/α-hetero) is 1. The van der Waals surface area contributed by atoms with Crippen LogP contribution in [0.4, 0.5) is 5.69 Å². The minimum Gasteiger partial charge on any atom is -0.478 e. The van der Waals surface area contributed by atoms with Crippen LogP contribution in [0.15, 0.2) is 36.1 Å². The molecule has 5 rings (SSSR count). The van der Waals surface area contributed by atoms with Gasteiger partial charge in [0.05, 0.1) is 11.1 Å². The number of hydrogen-bond donors (Lipinski definition) is 0. The topological polar surface area (TPSA) is 42.0 Å². The Balaban J connectivity index is 1.49. The molecule has 144 valence electrons. The van der Waals surface area contributed by atoms with E-state index in [1.165, 1.54) is 12.8 Å². The molecule has 2 aromatic carbocycles. The van der Waals surface area contributed by atoms with Crippen molar-refractivity contribution in [3.05, 3.63) is 58.3 Å². The first-order chi connectivity index (χ1) is 13.5. The third kappa shape index (κ3) is 2.87. The highest BCUT2D eigenvalue weighted by Crippen LogP contribution is 2.45. The first-order valence-electron chi connectivity index (χ1n) is 9.76. The number of rotatable bonds is 3. The van der Waals surface area contributed by atoms with Gasteiger partial charge >= 0.3 is 0 Å². The van der Waals surface area contributed by atoms with E-state index < -0.39 is 0 Å². The monoisotopic (exact) mass is 376 g/mol. The number of allylic oxidation sites excluding steroid dienone is 1. The molecule has 0 unspecified atom stereocenters. The number of fused-ring (bicyclic) bond motifs is 3. The predicted octanol–water partition coefficient (Wildman–Crippen LogP) is 3.99. The zero-order chi connectivity index (χ0) is 19.4. The van der Waals surface area contributed by atoms with E-state index in [0.717, 1.165) is 34.7 Å². The predicted molar refractivity (Wildman–Crippen MR) is 109 cm³/mol. The molecule has 28 heavy (non-hydrogen) atoms. The summed E-state index contributed by atoms with van der Waals surface area (Å²) in [6.07, 6.45) is 4.28. The third-order valence-electron chi connectivity index (χ3n) is 5.72. The van der Waals surface area contributed by atoms with Gasteiger partial charge in [-0.15, -0.1) is 0 Å².